The second-order valence-corrected chi connectivity index (χ2v) is 5.86. The van der Waals surface area contributed by atoms with Crippen molar-refractivity contribution in [3.8, 4) is 0 Å². The first kappa shape index (κ1) is 9.47. The molecule has 76 valence electrons. The first-order valence-electron chi connectivity index (χ1n) is 5.44. The van der Waals surface area contributed by atoms with Crippen LogP contribution in [0.25, 0.3) is 0 Å². The molecule has 0 radical (unpaired) electrons. The first-order valence-corrected chi connectivity index (χ1v) is 5.44. The van der Waals surface area contributed by atoms with Crippen molar-refractivity contribution in [3.05, 3.63) is 0 Å². The number of nitrogens with one attached hydrogen (secondary N) is 1. The Bertz CT molecular complexity index is 203. The van der Waals surface area contributed by atoms with Crippen LogP contribution in [0.1, 0.15) is 33.6 Å². The molecule has 2 aliphatic rings. The standard InChI is InChI=1S/C11H22N2/c1-10(2,3)11-5-4-8(9(11)12)6-13-7-11/h8-9,13H,4-7,12H2,1-3H3/t8-,9-,11+/m0/s1. The number of fused-ring (bicyclic) bond motifs is 2. The molecule has 3 N–H and O–H groups in total. The van der Waals surface area contributed by atoms with Gasteiger partial charge in [-0.15, -0.1) is 0 Å². The molecule has 2 fully saturated rings. The van der Waals surface area contributed by atoms with E-state index in [1.165, 1.54) is 12.8 Å². The van der Waals surface area contributed by atoms with Gasteiger partial charge in [0, 0.05) is 18.0 Å². The van der Waals surface area contributed by atoms with Gasteiger partial charge in [-0.1, -0.05) is 20.8 Å². The summed E-state index contributed by atoms with van der Waals surface area (Å²) in [5, 5.41) is 3.54. The van der Waals surface area contributed by atoms with Gasteiger partial charge in [-0.3, -0.25) is 0 Å². The zero-order valence-electron chi connectivity index (χ0n) is 9.06. The van der Waals surface area contributed by atoms with Gasteiger partial charge in [0.25, 0.3) is 0 Å². The minimum absolute atomic E-state index is 0.342. The Morgan fingerprint density at radius 3 is 2.62 bits per heavy atom. The summed E-state index contributed by atoms with van der Waals surface area (Å²) in [6.07, 6.45) is 2.64. The highest BCUT2D eigenvalue weighted by Crippen LogP contribution is 2.53. The van der Waals surface area contributed by atoms with Gasteiger partial charge in [-0.05, 0) is 30.7 Å². The third-order valence-corrected chi connectivity index (χ3v) is 4.45. The number of piperidine rings is 1. The first-order chi connectivity index (χ1) is 5.97. The van der Waals surface area contributed by atoms with Crippen LogP contribution in [0.2, 0.25) is 0 Å². The molecule has 0 unspecified atom stereocenters. The molecular weight excluding hydrogens is 160 g/mol. The third kappa shape index (κ3) is 1.15. The molecule has 13 heavy (non-hydrogen) atoms. The van der Waals surface area contributed by atoms with E-state index in [1.807, 2.05) is 0 Å². The van der Waals surface area contributed by atoms with Gasteiger partial charge >= 0.3 is 0 Å². The van der Waals surface area contributed by atoms with Crippen molar-refractivity contribution >= 4 is 0 Å². The monoisotopic (exact) mass is 182 g/mol. The van der Waals surface area contributed by atoms with E-state index >= 15 is 0 Å². The molecular formula is C11H22N2. The van der Waals surface area contributed by atoms with E-state index in [9.17, 15) is 0 Å². The molecule has 2 bridgehead atoms. The molecule has 1 saturated carbocycles. The molecule has 1 saturated heterocycles. The summed E-state index contributed by atoms with van der Waals surface area (Å²) in [6.45, 7) is 9.26. The maximum Gasteiger partial charge on any atom is 0.0153 e. The van der Waals surface area contributed by atoms with Gasteiger partial charge in [-0.25, -0.2) is 0 Å². The Hall–Kier alpha value is -0.0800. The van der Waals surface area contributed by atoms with Crippen molar-refractivity contribution < 1.29 is 0 Å². The van der Waals surface area contributed by atoms with E-state index in [1.54, 1.807) is 0 Å². The van der Waals surface area contributed by atoms with Gasteiger partial charge in [-0.2, -0.15) is 0 Å². The Balaban J connectivity index is 2.31. The smallest absolute Gasteiger partial charge is 0.0153 e. The van der Waals surface area contributed by atoms with Gasteiger partial charge in [0.2, 0.25) is 0 Å². The molecule has 1 aliphatic heterocycles. The predicted molar refractivity (Wildman–Crippen MR) is 55.5 cm³/mol. The van der Waals surface area contributed by atoms with Crippen molar-refractivity contribution in [3.63, 3.8) is 0 Å². The number of nitrogens with two attached hydrogens (primary N) is 1. The summed E-state index contributed by atoms with van der Waals surface area (Å²) < 4.78 is 0. The average Bonchev–Trinajstić information content (AvgIpc) is 2.28. The van der Waals surface area contributed by atoms with Crippen LogP contribution < -0.4 is 11.1 Å². The molecule has 0 amide bonds. The minimum atomic E-state index is 0.342. The van der Waals surface area contributed by atoms with Crippen molar-refractivity contribution in [2.45, 2.75) is 39.7 Å². The predicted octanol–water partition coefficient (Wildman–Crippen LogP) is 1.36. The van der Waals surface area contributed by atoms with E-state index in [0.717, 1.165) is 19.0 Å². The lowest BCUT2D eigenvalue weighted by molar-refractivity contribution is 0.0485. The maximum atomic E-state index is 6.37. The minimum Gasteiger partial charge on any atom is -0.327 e. The fourth-order valence-electron chi connectivity index (χ4n) is 3.30. The van der Waals surface area contributed by atoms with Crippen molar-refractivity contribution in [2.75, 3.05) is 13.1 Å². The van der Waals surface area contributed by atoms with Crippen LogP contribution in [-0.4, -0.2) is 19.1 Å². The van der Waals surface area contributed by atoms with E-state index < -0.39 is 0 Å². The lowest BCUT2D eigenvalue weighted by Crippen LogP contribution is -2.59. The van der Waals surface area contributed by atoms with Gasteiger partial charge in [0.1, 0.15) is 0 Å². The molecule has 0 aromatic carbocycles. The zero-order valence-corrected chi connectivity index (χ0v) is 9.06. The topological polar surface area (TPSA) is 38.0 Å². The summed E-state index contributed by atoms with van der Waals surface area (Å²) in [7, 11) is 0. The quantitative estimate of drug-likeness (QED) is 0.593. The Kier molecular flexibility index (Phi) is 1.97. The summed E-state index contributed by atoms with van der Waals surface area (Å²) in [5.74, 6) is 0.730. The van der Waals surface area contributed by atoms with E-state index in [2.05, 4.69) is 26.1 Å². The maximum absolute atomic E-state index is 6.37. The summed E-state index contributed by atoms with van der Waals surface area (Å²) in [5.41, 5.74) is 7.06. The summed E-state index contributed by atoms with van der Waals surface area (Å²) in [6, 6.07) is 0.425. The Morgan fingerprint density at radius 1 is 1.38 bits per heavy atom. The Labute approximate surface area is 81.3 Å². The Morgan fingerprint density at radius 2 is 2.08 bits per heavy atom. The van der Waals surface area contributed by atoms with Crippen LogP contribution >= 0.6 is 0 Å². The van der Waals surface area contributed by atoms with Crippen molar-refractivity contribution in [1.82, 2.24) is 5.32 Å². The third-order valence-electron chi connectivity index (χ3n) is 4.45. The lowest BCUT2D eigenvalue weighted by Gasteiger charge is -2.49. The highest BCUT2D eigenvalue weighted by molar-refractivity contribution is 5.09. The van der Waals surface area contributed by atoms with Crippen LogP contribution in [-0.2, 0) is 0 Å². The lowest BCUT2D eigenvalue weighted by atomic mass is 9.62. The summed E-state index contributed by atoms with van der Waals surface area (Å²) >= 11 is 0. The highest BCUT2D eigenvalue weighted by Gasteiger charge is 2.54. The van der Waals surface area contributed by atoms with E-state index in [-0.39, 0.29) is 0 Å². The second kappa shape index (κ2) is 2.71. The van der Waals surface area contributed by atoms with Crippen molar-refractivity contribution in [1.29, 1.82) is 0 Å². The van der Waals surface area contributed by atoms with Gasteiger partial charge < -0.3 is 11.1 Å². The second-order valence-electron chi connectivity index (χ2n) is 5.86. The average molecular weight is 182 g/mol. The number of hydrogen-bond donors (Lipinski definition) is 2. The van der Waals surface area contributed by atoms with Crippen LogP contribution in [0, 0.1) is 16.7 Å². The van der Waals surface area contributed by atoms with Crippen LogP contribution in [0.5, 0.6) is 0 Å². The molecule has 2 heteroatoms. The molecule has 0 aromatic heterocycles. The molecule has 0 aromatic rings. The summed E-state index contributed by atoms with van der Waals surface area (Å²) in [4.78, 5) is 0. The fourth-order valence-corrected chi connectivity index (χ4v) is 3.30. The molecule has 2 rings (SSSR count). The number of hydrogen-bond acceptors (Lipinski definition) is 2. The molecule has 3 atom stereocenters. The number of rotatable bonds is 0. The normalized spacial score (nSPS) is 45.2. The largest absolute Gasteiger partial charge is 0.327 e. The van der Waals surface area contributed by atoms with Crippen molar-refractivity contribution in [2.24, 2.45) is 22.5 Å². The molecule has 0 spiro atoms. The molecule has 1 aliphatic carbocycles. The van der Waals surface area contributed by atoms with Crippen LogP contribution in [0.3, 0.4) is 0 Å². The van der Waals surface area contributed by atoms with Gasteiger partial charge in [0.05, 0.1) is 0 Å². The molecule has 1 heterocycles. The fraction of sp³-hybridized carbons (Fsp3) is 1.00. The van der Waals surface area contributed by atoms with E-state index in [4.69, 9.17) is 5.73 Å². The van der Waals surface area contributed by atoms with E-state index in [0.29, 0.717) is 16.9 Å². The SMILES string of the molecule is CC(C)(C)[C@]12CC[C@@H](CNC1)[C@@H]2N. The van der Waals surface area contributed by atoms with Crippen LogP contribution in [0.4, 0.5) is 0 Å². The van der Waals surface area contributed by atoms with Crippen LogP contribution in [0.15, 0.2) is 0 Å². The zero-order chi connectivity index (χ0) is 9.69. The van der Waals surface area contributed by atoms with Gasteiger partial charge in [0.15, 0.2) is 0 Å². The highest BCUT2D eigenvalue weighted by atomic mass is 15.0. The molecule has 2 nitrogen and oxygen atoms in total.